The standard InChI is InChI=1S/C21H31N3O6/c1-2-29-21(28)15(9-5-3-4-8-12-22)23-16-14-30-18-11-7-6-10-17(18)24(20(16)27)13-19(25)26/h6-7,10-11,15-16,23H,2-5,8-9,12-14,22H2,1H3,(H,25,26)/t15-,16-/m0/s1. The largest absolute Gasteiger partial charge is 0.489 e. The number of hydrogen-bond donors (Lipinski definition) is 3. The SMILES string of the molecule is CCOC(=O)[C@H](CCCCCCN)N[C@H]1COc2ccccc2N(CC(=O)O)C1=O. The van der Waals surface area contributed by atoms with E-state index in [1.807, 2.05) is 0 Å². The fraction of sp³-hybridized carbons (Fsp3) is 0.571. The molecule has 2 atom stereocenters. The first-order valence-corrected chi connectivity index (χ1v) is 10.4. The Hall–Kier alpha value is -2.65. The Morgan fingerprint density at radius 1 is 1.30 bits per heavy atom. The van der Waals surface area contributed by atoms with E-state index in [1.54, 1.807) is 31.2 Å². The second-order valence-electron chi connectivity index (χ2n) is 7.11. The third kappa shape index (κ3) is 6.70. The molecule has 0 spiro atoms. The highest BCUT2D eigenvalue weighted by atomic mass is 16.5. The van der Waals surface area contributed by atoms with E-state index in [-0.39, 0.29) is 13.2 Å². The van der Waals surface area contributed by atoms with E-state index in [1.165, 1.54) is 4.90 Å². The highest BCUT2D eigenvalue weighted by Gasteiger charge is 2.35. The smallest absolute Gasteiger partial charge is 0.323 e. The molecule has 0 aliphatic carbocycles. The zero-order chi connectivity index (χ0) is 21.9. The van der Waals surface area contributed by atoms with Crippen LogP contribution in [0.5, 0.6) is 5.75 Å². The maximum Gasteiger partial charge on any atom is 0.323 e. The van der Waals surface area contributed by atoms with Crippen LogP contribution in [-0.2, 0) is 19.1 Å². The number of para-hydroxylation sites is 2. The van der Waals surface area contributed by atoms with Crippen molar-refractivity contribution in [1.29, 1.82) is 0 Å². The Balaban J connectivity index is 2.14. The van der Waals surface area contributed by atoms with Crippen LogP contribution in [-0.4, -0.2) is 61.3 Å². The molecular weight excluding hydrogens is 390 g/mol. The normalized spacial score (nSPS) is 16.9. The van der Waals surface area contributed by atoms with Crippen LogP contribution in [0.3, 0.4) is 0 Å². The van der Waals surface area contributed by atoms with Crippen molar-refractivity contribution in [3.63, 3.8) is 0 Å². The fourth-order valence-electron chi connectivity index (χ4n) is 3.37. The number of aliphatic carboxylic acids is 1. The van der Waals surface area contributed by atoms with Crippen LogP contribution in [0.2, 0.25) is 0 Å². The van der Waals surface area contributed by atoms with Crippen LogP contribution in [0.1, 0.15) is 39.0 Å². The highest BCUT2D eigenvalue weighted by Crippen LogP contribution is 2.31. The maximum absolute atomic E-state index is 13.1. The van der Waals surface area contributed by atoms with Gasteiger partial charge in [0.25, 0.3) is 0 Å². The van der Waals surface area contributed by atoms with Gasteiger partial charge in [-0.05, 0) is 38.4 Å². The van der Waals surface area contributed by atoms with Crippen LogP contribution in [0, 0.1) is 0 Å². The predicted molar refractivity (Wildman–Crippen MR) is 111 cm³/mol. The van der Waals surface area contributed by atoms with Gasteiger partial charge >= 0.3 is 11.9 Å². The van der Waals surface area contributed by atoms with Crippen LogP contribution >= 0.6 is 0 Å². The zero-order valence-electron chi connectivity index (χ0n) is 17.3. The summed E-state index contributed by atoms with van der Waals surface area (Å²) in [6.45, 7) is 2.07. The van der Waals surface area contributed by atoms with Gasteiger partial charge in [0, 0.05) is 0 Å². The van der Waals surface area contributed by atoms with E-state index in [0.717, 1.165) is 25.7 Å². The number of benzene rings is 1. The Morgan fingerprint density at radius 3 is 2.73 bits per heavy atom. The summed E-state index contributed by atoms with van der Waals surface area (Å²) >= 11 is 0. The third-order valence-corrected chi connectivity index (χ3v) is 4.84. The van der Waals surface area contributed by atoms with E-state index in [2.05, 4.69) is 5.32 Å². The molecule has 1 amide bonds. The van der Waals surface area contributed by atoms with Gasteiger partial charge in [-0.25, -0.2) is 0 Å². The molecule has 2 rings (SSSR count). The van der Waals surface area contributed by atoms with Gasteiger partial charge in [0.05, 0.1) is 12.3 Å². The number of rotatable bonds is 12. The van der Waals surface area contributed by atoms with E-state index in [9.17, 15) is 19.5 Å². The minimum Gasteiger partial charge on any atom is -0.489 e. The number of carbonyl (C=O) groups excluding carboxylic acids is 2. The number of hydrogen-bond acceptors (Lipinski definition) is 7. The molecule has 1 aliphatic heterocycles. The highest BCUT2D eigenvalue weighted by molar-refractivity contribution is 6.02. The van der Waals surface area contributed by atoms with Crippen molar-refractivity contribution in [1.82, 2.24) is 5.32 Å². The number of nitrogens with zero attached hydrogens (tertiary/aromatic N) is 1. The molecule has 4 N–H and O–H groups in total. The molecule has 166 valence electrons. The van der Waals surface area contributed by atoms with Crippen LogP contribution in [0.15, 0.2) is 24.3 Å². The molecule has 0 aromatic heterocycles. The number of carboxylic acid groups (broad SMARTS) is 1. The van der Waals surface area contributed by atoms with E-state index >= 15 is 0 Å². The lowest BCUT2D eigenvalue weighted by Crippen LogP contribution is -2.54. The van der Waals surface area contributed by atoms with Gasteiger partial charge < -0.3 is 20.3 Å². The monoisotopic (exact) mass is 421 g/mol. The molecule has 9 nitrogen and oxygen atoms in total. The minimum absolute atomic E-state index is 0.0188. The van der Waals surface area contributed by atoms with Gasteiger partial charge in [-0.3, -0.25) is 24.6 Å². The first-order valence-electron chi connectivity index (χ1n) is 10.4. The van der Waals surface area contributed by atoms with Crippen LogP contribution < -0.4 is 20.7 Å². The van der Waals surface area contributed by atoms with Gasteiger partial charge in [0.1, 0.15) is 31.0 Å². The zero-order valence-corrected chi connectivity index (χ0v) is 17.3. The van der Waals surface area contributed by atoms with Crippen molar-refractivity contribution in [2.45, 2.75) is 51.1 Å². The summed E-state index contributed by atoms with van der Waals surface area (Å²) in [4.78, 5) is 38.1. The molecule has 0 bridgehead atoms. The summed E-state index contributed by atoms with van der Waals surface area (Å²) in [6.07, 6.45) is 4.09. The van der Waals surface area contributed by atoms with Gasteiger partial charge in [-0.2, -0.15) is 0 Å². The average molecular weight is 421 g/mol. The Labute approximate surface area is 176 Å². The lowest BCUT2D eigenvalue weighted by molar-refractivity contribution is -0.146. The Morgan fingerprint density at radius 2 is 2.03 bits per heavy atom. The molecule has 0 unspecified atom stereocenters. The van der Waals surface area contributed by atoms with Crippen molar-refractivity contribution < 1.29 is 29.0 Å². The summed E-state index contributed by atoms with van der Waals surface area (Å²) in [6, 6.07) is 5.21. The molecule has 9 heteroatoms. The Bertz CT molecular complexity index is 726. The van der Waals surface area contributed by atoms with Crippen molar-refractivity contribution in [2.24, 2.45) is 5.73 Å². The molecule has 1 aliphatic rings. The minimum atomic E-state index is -1.14. The topological polar surface area (TPSA) is 131 Å². The number of carbonyl (C=O) groups is 3. The molecular formula is C21H31N3O6. The van der Waals surface area contributed by atoms with Gasteiger partial charge in [0.15, 0.2) is 0 Å². The molecule has 0 saturated heterocycles. The number of amides is 1. The Kier molecular flexibility index (Phi) is 9.56. The lowest BCUT2D eigenvalue weighted by Gasteiger charge is -2.26. The van der Waals surface area contributed by atoms with Crippen molar-refractivity contribution >= 4 is 23.5 Å². The molecule has 0 saturated carbocycles. The summed E-state index contributed by atoms with van der Waals surface area (Å²) in [5.41, 5.74) is 5.90. The first kappa shape index (κ1) is 23.6. The van der Waals surface area contributed by atoms with Crippen LogP contribution in [0.25, 0.3) is 0 Å². The van der Waals surface area contributed by atoms with Gasteiger partial charge in [-0.1, -0.05) is 31.4 Å². The molecule has 1 aromatic carbocycles. The first-order chi connectivity index (χ1) is 14.5. The van der Waals surface area contributed by atoms with Crippen LogP contribution in [0.4, 0.5) is 5.69 Å². The third-order valence-electron chi connectivity index (χ3n) is 4.84. The van der Waals surface area contributed by atoms with E-state index in [0.29, 0.717) is 24.4 Å². The van der Waals surface area contributed by atoms with Gasteiger partial charge in [-0.15, -0.1) is 0 Å². The second kappa shape index (κ2) is 12.1. The summed E-state index contributed by atoms with van der Waals surface area (Å²) < 4.78 is 10.9. The van der Waals surface area contributed by atoms with Crippen molar-refractivity contribution in [3.8, 4) is 5.75 Å². The molecule has 0 fully saturated rings. The van der Waals surface area contributed by atoms with E-state index < -0.39 is 36.5 Å². The van der Waals surface area contributed by atoms with Gasteiger partial charge in [0.2, 0.25) is 5.91 Å². The summed E-state index contributed by atoms with van der Waals surface area (Å²) in [5, 5.41) is 12.3. The number of ether oxygens (including phenoxy) is 2. The summed E-state index contributed by atoms with van der Waals surface area (Å²) in [5.74, 6) is -1.61. The maximum atomic E-state index is 13.1. The quantitative estimate of drug-likeness (QED) is 0.340. The molecule has 1 aromatic rings. The van der Waals surface area contributed by atoms with Crippen molar-refractivity contribution in [2.75, 3.05) is 31.2 Å². The number of unbranched alkanes of at least 4 members (excludes halogenated alkanes) is 3. The second-order valence-corrected chi connectivity index (χ2v) is 7.11. The molecule has 30 heavy (non-hydrogen) atoms. The lowest BCUT2D eigenvalue weighted by atomic mass is 10.1. The number of esters is 1. The number of anilines is 1. The number of fused-ring (bicyclic) bond motifs is 1. The number of nitrogens with two attached hydrogens (primary N) is 1. The average Bonchev–Trinajstić information content (AvgIpc) is 2.84. The van der Waals surface area contributed by atoms with Crippen molar-refractivity contribution in [3.05, 3.63) is 24.3 Å². The summed E-state index contributed by atoms with van der Waals surface area (Å²) in [7, 11) is 0. The molecule has 0 radical (unpaired) electrons. The number of carboxylic acids is 1. The van der Waals surface area contributed by atoms with E-state index in [4.69, 9.17) is 15.2 Å². The molecule has 1 heterocycles. The predicted octanol–water partition coefficient (Wildman–Crippen LogP) is 1.30. The fourth-order valence-corrected chi connectivity index (χ4v) is 3.37. The number of nitrogens with one attached hydrogen (secondary N) is 1.